The third-order valence-corrected chi connectivity index (χ3v) is 4.39. The molecule has 0 atom stereocenters. The predicted molar refractivity (Wildman–Crippen MR) is 86.4 cm³/mol. The van der Waals surface area contributed by atoms with Crippen molar-refractivity contribution in [2.24, 2.45) is 0 Å². The first kappa shape index (κ1) is 16.6. The van der Waals surface area contributed by atoms with Crippen molar-refractivity contribution in [3.8, 4) is 5.75 Å². The Labute approximate surface area is 123 Å². The van der Waals surface area contributed by atoms with Crippen molar-refractivity contribution in [1.82, 2.24) is 0 Å². The molecule has 19 heavy (non-hydrogen) atoms. The van der Waals surface area contributed by atoms with E-state index in [0.717, 1.165) is 12.4 Å². The summed E-state index contributed by atoms with van der Waals surface area (Å²) in [4.78, 5) is 1.30. The zero-order valence-corrected chi connectivity index (χ0v) is 13.6. The summed E-state index contributed by atoms with van der Waals surface area (Å²) in [5, 5.41) is 2.10. The van der Waals surface area contributed by atoms with Gasteiger partial charge in [0.05, 0.1) is 6.61 Å². The van der Waals surface area contributed by atoms with Crippen LogP contribution in [0.5, 0.6) is 5.75 Å². The highest BCUT2D eigenvalue weighted by Crippen LogP contribution is 2.23. The summed E-state index contributed by atoms with van der Waals surface area (Å²) >= 11 is 1.76. The van der Waals surface area contributed by atoms with Crippen LogP contribution in [0.3, 0.4) is 0 Å². The average molecular weight is 282 g/mol. The van der Waals surface area contributed by atoms with Crippen LogP contribution >= 0.6 is 11.3 Å². The molecule has 0 N–H and O–H groups in total. The minimum atomic E-state index is 0.883. The standard InChI is InChI=1S/C17H30OS/c1-3-4-5-6-7-8-9-10-11-12-14-18-17-13-15-19-16(17)2/h13,15H,3-12,14H2,1-2H3. The quantitative estimate of drug-likeness (QED) is 0.405. The van der Waals surface area contributed by atoms with E-state index in [9.17, 15) is 0 Å². The molecule has 0 radical (unpaired) electrons. The van der Waals surface area contributed by atoms with Crippen LogP contribution in [0, 0.1) is 6.92 Å². The molecule has 1 aromatic rings. The Morgan fingerprint density at radius 2 is 1.47 bits per heavy atom. The van der Waals surface area contributed by atoms with Crippen molar-refractivity contribution in [1.29, 1.82) is 0 Å². The third-order valence-electron chi connectivity index (χ3n) is 3.57. The Bertz CT molecular complexity index is 306. The number of unbranched alkanes of at least 4 members (excludes halogenated alkanes) is 9. The fourth-order valence-corrected chi connectivity index (χ4v) is 2.93. The van der Waals surface area contributed by atoms with E-state index in [2.05, 4.69) is 25.3 Å². The van der Waals surface area contributed by atoms with E-state index in [4.69, 9.17) is 4.74 Å². The molecular formula is C17H30OS. The number of rotatable bonds is 12. The molecule has 0 aliphatic carbocycles. The van der Waals surface area contributed by atoms with Gasteiger partial charge in [-0.25, -0.2) is 0 Å². The minimum absolute atomic E-state index is 0.883. The molecule has 0 amide bonds. The Morgan fingerprint density at radius 1 is 0.895 bits per heavy atom. The highest BCUT2D eigenvalue weighted by molar-refractivity contribution is 7.10. The van der Waals surface area contributed by atoms with Crippen molar-refractivity contribution in [2.45, 2.75) is 78.1 Å². The molecule has 0 aromatic carbocycles. The van der Waals surface area contributed by atoms with Crippen LogP contribution in [0.25, 0.3) is 0 Å². The maximum absolute atomic E-state index is 5.76. The van der Waals surface area contributed by atoms with Gasteiger partial charge in [-0.05, 0) is 24.8 Å². The van der Waals surface area contributed by atoms with Crippen molar-refractivity contribution < 1.29 is 4.74 Å². The zero-order chi connectivity index (χ0) is 13.8. The Morgan fingerprint density at radius 3 is 2.00 bits per heavy atom. The molecule has 0 saturated carbocycles. The van der Waals surface area contributed by atoms with Gasteiger partial charge in [0.1, 0.15) is 5.75 Å². The first-order chi connectivity index (χ1) is 9.34. The molecule has 1 rings (SSSR count). The van der Waals surface area contributed by atoms with Crippen LogP contribution in [-0.2, 0) is 0 Å². The molecule has 0 saturated heterocycles. The fraction of sp³-hybridized carbons (Fsp3) is 0.765. The summed E-state index contributed by atoms with van der Waals surface area (Å²) in [6, 6.07) is 2.08. The molecule has 1 heterocycles. The van der Waals surface area contributed by atoms with E-state index in [1.807, 2.05) is 0 Å². The van der Waals surface area contributed by atoms with Gasteiger partial charge in [0.15, 0.2) is 0 Å². The number of hydrogen-bond acceptors (Lipinski definition) is 2. The molecule has 0 fully saturated rings. The van der Waals surface area contributed by atoms with Crippen LogP contribution in [0.2, 0.25) is 0 Å². The highest BCUT2D eigenvalue weighted by atomic mass is 32.1. The summed E-state index contributed by atoms with van der Waals surface area (Å²) in [7, 11) is 0. The topological polar surface area (TPSA) is 9.23 Å². The van der Waals surface area contributed by atoms with Crippen LogP contribution < -0.4 is 4.74 Å². The van der Waals surface area contributed by atoms with Gasteiger partial charge in [-0.2, -0.15) is 0 Å². The van der Waals surface area contributed by atoms with Gasteiger partial charge in [0.2, 0.25) is 0 Å². The molecule has 0 aliphatic rings. The molecule has 110 valence electrons. The van der Waals surface area contributed by atoms with Gasteiger partial charge in [-0.3, -0.25) is 0 Å². The smallest absolute Gasteiger partial charge is 0.132 e. The molecule has 0 aliphatic heterocycles. The number of ether oxygens (including phenoxy) is 1. The van der Waals surface area contributed by atoms with Crippen LogP contribution in [0.4, 0.5) is 0 Å². The molecule has 0 spiro atoms. The van der Waals surface area contributed by atoms with Crippen molar-refractivity contribution in [3.05, 3.63) is 16.3 Å². The SMILES string of the molecule is CCCCCCCCCCCCOc1ccsc1C. The second kappa shape index (κ2) is 11.3. The minimum Gasteiger partial charge on any atom is -0.492 e. The Balaban J connectivity index is 1.80. The van der Waals surface area contributed by atoms with Crippen LogP contribution in [0.1, 0.15) is 76.0 Å². The molecule has 0 bridgehead atoms. The van der Waals surface area contributed by atoms with E-state index >= 15 is 0 Å². The first-order valence-corrected chi connectivity index (χ1v) is 8.89. The summed E-state index contributed by atoms with van der Waals surface area (Å²) in [5.41, 5.74) is 0. The van der Waals surface area contributed by atoms with Crippen molar-refractivity contribution in [3.63, 3.8) is 0 Å². The van der Waals surface area contributed by atoms with E-state index < -0.39 is 0 Å². The fourth-order valence-electron chi connectivity index (χ4n) is 2.29. The monoisotopic (exact) mass is 282 g/mol. The van der Waals surface area contributed by atoms with Gasteiger partial charge in [0, 0.05) is 4.88 Å². The largest absolute Gasteiger partial charge is 0.492 e. The molecule has 1 aromatic heterocycles. The number of thiophene rings is 1. The van der Waals surface area contributed by atoms with E-state index in [-0.39, 0.29) is 0 Å². The van der Waals surface area contributed by atoms with Crippen molar-refractivity contribution >= 4 is 11.3 Å². The molecule has 0 unspecified atom stereocenters. The second-order valence-corrected chi connectivity index (χ2v) is 6.49. The first-order valence-electron chi connectivity index (χ1n) is 8.01. The van der Waals surface area contributed by atoms with Crippen LogP contribution in [-0.4, -0.2) is 6.61 Å². The Hall–Kier alpha value is -0.500. The summed E-state index contributed by atoms with van der Waals surface area (Å²) < 4.78 is 5.76. The lowest BCUT2D eigenvalue weighted by molar-refractivity contribution is 0.304. The lowest BCUT2D eigenvalue weighted by Crippen LogP contribution is -1.97. The highest BCUT2D eigenvalue weighted by Gasteiger charge is 1.99. The van der Waals surface area contributed by atoms with E-state index in [1.54, 1.807) is 11.3 Å². The summed E-state index contributed by atoms with van der Waals surface area (Å²) in [6.45, 7) is 5.28. The lowest BCUT2D eigenvalue weighted by atomic mass is 10.1. The molecule has 2 heteroatoms. The third kappa shape index (κ3) is 8.30. The van der Waals surface area contributed by atoms with Crippen molar-refractivity contribution in [2.75, 3.05) is 6.61 Å². The second-order valence-electron chi connectivity index (χ2n) is 5.37. The molecule has 1 nitrogen and oxygen atoms in total. The summed E-state index contributed by atoms with van der Waals surface area (Å²) in [5.74, 6) is 1.08. The number of hydrogen-bond donors (Lipinski definition) is 0. The Kier molecular flexibility index (Phi) is 9.88. The van der Waals surface area contributed by atoms with Gasteiger partial charge >= 0.3 is 0 Å². The van der Waals surface area contributed by atoms with E-state index in [0.29, 0.717) is 0 Å². The van der Waals surface area contributed by atoms with Gasteiger partial charge < -0.3 is 4.74 Å². The van der Waals surface area contributed by atoms with Gasteiger partial charge in [-0.15, -0.1) is 11.3 Å². The summed E-state index contributed by atoms with van der Waals surface area (Å²) in [6.07, 6.45) is 13.8. The van der Waals surface area contributed by atoms with Gasteiger partial charge in [-0.1, -0.05) is 64.7 Å². The predicted octanol–water partition coefficient (Wildman–Crippen LogP) is 6.36. The van der Waals surface area contributed by atoms with E-state index in [1.165, 1.54) is 69.1 Å². The van der Waals surface area contributed by atoms with Crippen LogP contribution in [0.15, 0.2) is 11.4 Å². The zero-order valence-electron chi connectivity index (χ0n) is 12.7. The average Bonchev–Trinajstić information content (AvgIpc) is 2.82. The lowest BCUT2D eigenvalue weighted by Gasteiger charge is -2.05. The van der Waals surface area contributed by atoms with Gasteiger partial charge in [0.25, 0.3) is 0 Å². The maximum atomic E-state index is 5.76. The normalized spacial score (nSPS) is 10.8. The maximum Gasteiger partial charge on any atom is 0.132 e. The number of aryl methyl sites for hydroxylation is 1. The molecular weight excluding hydrogens is 252 g/mol.